The van der Waals surface area contributed by atoms with E-state index >= 15 is 0 Å². The first-order valence-corrected chi connectivity index (χ1v) is 8.52. The maximum absolute atomic E-state index is 12.3. The molecular formula is C17H21ClN6O. The Morgan fingerprint density at radius 1 is 1.48 bits per heavy atom. The topological polar surface area (TPSA) is 78.8 Å². The number of carbonyl (C=O) groups is 1. The summed E-state index contributed by atoms with van der Waals surface area (Å²) in [5.41, 5.74) is 1.70. The number of carbonyl (C=O) groups excluding carboxylic acids is 1. The first-order chi connectivity index (χ1) is 12.0. The van der Waals surface area contributed by atoms with Crippen LogP contribution in [0.5, 0.6) is 0 Å². The highest BCUT2D eigenvalue weighted by molar-refractivity contribution is 6.31. The Morgan fingerprint density at radius 2 is 2.32 bits per heavy atom. The Balaban J connectivity index is 1.52. The van der Waals surface area contributed by atoms with Gasteiger partial charge in [-0.25, -0.2) is 9.78 Å². The fraction of sp³-hybridized carbons (Fsp3) is 0.353. The molecule has 0 bridgehead atoms. The number of imidazole rings is 1. The van der Waals surface area contributed by atoms with Crippen LogP contribution < -0.4 is 5.32 Å². The standard InChI is InChI=1S/C17H21ClN6O/c1-12(6-9-24-8-3-7-19-24)20-17(25)23(2)11-16-21-14-5-4-13(18)10-15(14)22-16/h3-5,7-8,10,12H,6,9,11H2,1-2H3,(H,20,25)(H,21,22). The molecule has 132 valence electrons. The number of aryl methyl sites for hydroxylation is 1. The quantitative estimate of drug-likeness (QED) is 0.709. The molecule has 25 heavy (non-hydrogen) atoms. The Bertz CT molecular complexity index is 844. The lowest BCUT2D eigenvalue weighted by Gasteiger charge is -2.20. The van der Waals surface area contributed by atoms with Crippen LogP contribution >= 0.6 is 11.6 Å². The zero-order valence-corrected chi connectivity index (χ0v) is 15.0. The minimum atomic E-state index is -0.133. The number of fused-ring (bicyclic) bond motifs is 1. The van der Waals surface area contributed by atoms with Crippen LogP contribution in [0.15, 0.2) is 36.7 Å². The third-order valence-corrected chi connectivity index (χ3v) is 4.18. The van der Waals surface area contributed by atoms with Gasteiger partial charge < -0.3 is 15.2 Å². The van der Waals surface area contributed by atoms with Gasteiger partial charge in [-0.2, -0.15) is 5.10 Å². The Kier molecular flexibility index (Phi) is 5.23. The average molecular weight is 361 g/mol. The largest absolute Gasteiger partial charge is 0.340 e. The molecule has 0 aliphatic heterocycles. The van der Waals surface area contributed by atoms with Crippen molar-refractivity contribution in [3.63, 3.8) is 0 Å². The van der Waals surface area contributed by atoms with E-state index in [2.05, 4.69) is 20.4 Å². The molecule has 3 rings (SSSR count). The molecule has 2 amide bonds. The summed E-state index contributed by atoms with van der Waals surface area (Å²) in [5, 5.41) is 7.80. The van der Waals surface area contributed by atoms with Gasteiger partial charge in [-0.05, 0) is 37.6 Å². The molecule has 2 heterocycles. The van der Waals surface area contributed by atoms with Gasteiger partial charge in [-0.3, -0.25) is 4.68 Å². The van der Waals surface area contributed by atoms with Gasteiger partial charge >= 0.3 is 6.03 Å². The van der Waals surface area contributed by atoms with Crippen LogP contribution in [-0.2, 0) is 13.1 Å². The molecule has 3 aromatic rings. The SMILES string of the molecule is CC(CCn1cccn1)NC(=O)N(C)Cc1nc2ccc(Cl)cc2[nH]1. The summed E-state index contributed by atoms with van der Waals surface area (Å²) in [6, 6.07) is 7.28. The maximum Gasteiger partial charge on any atom is 0.317 e. The van der Waals surface area contributed by atoms with Gasteiger partial charge in [-0.15, -0.1) is 0 Å². The fourth-order valence-electron chi connectivity index (χ4n) is 2.56. The number of urea groups is 1. The summed E-state index contributed by atoms with van der Waals surface area (Å²) in [6.07, 6.45) is 4.47. The summed E-state index contributed by atoms with van der Waals surface area (Å²) >= 11 is 5.98. The number of hydrogen-bond donors (Lipinski definition) is 2. The highest BCUT2D eigenvalue weighted by Gasteiger charge is 2.14. The van der Waals surface area contributed by atoms with E-state index in [0.29, 0.717) is 11.6 Å². The van der Waals surface area contributed by atoms with E-state index < -0.39 is 0 Å². The third kappa shape index (κ3) is 4.51. The summed E-state index contributed by atoms with van der Waals surface area (Å²) < 4.78 is 1.85. The molecule has 0 radical (unpaired) electrons. The second-order valence-corrected chi connectivity index (χ2v) is 6.55. The zero-order chi connectivity index (χ0) is 17.8. The number of hydrogen-bond acceptors (Lipinski definition) is 3. The number of H-pyrrole nitrogens is 1. The van der Waals surface area contributed by atoms with Crippen LogP contribution in [0.25, 0.3) is 11.0 Å². The monoisotopic (exact) mass is 360 g/mol. The van der Waals surface area contributed by atoms with Crippen molar-refractivity contribution < 1.29 is 4.79 Å². The number of aromatic amines is 1. The second kappa shape index (κ2) is 7.57. The minimum absolute atomic E-state index is 0.0497. The highest BCUT2D eigenvalue weighted by atomic mass is 35.5. The third-order valence-electron chi connectivity index (χ3n) is 3.95. The summed E-state index contributed by atoms with van der Waals surface area (Å²) in [6.45, 7) is 3.14. The molecule has 8 heteroatoms. The van der Waals surface area contributed by atoms with Crippen molar-refractivity contribution in [2.75, 3.05) is 7.05 Å². The molecule has 0 spiro atoms. The number of benzene rings is 1. The molecule has 0 fully saturated rings. The number of aromatic nitrogens is 4. The van der Waals surface area contributed by atoms with Crippen molar-refractivity contribution >= 4 is 28.7 Å². The van der Waals surface area contributed by atoms with E-state index in [1.54, 1.807) is 24.2 Å². The van der Waals surface area contributed by atoms with Crippen LogP contribution in [0, 0.1) is 0 Å². The lowest BCUT2D eigenvalue weighted by atomic mass is 10.2. The smallest absolute Gasteiger partial charge is 0.317 e. The molecule has 0 saturated carbocycles. The molecule has 0 aliphatic rings. The van der Waals surface area contributed by atoms with Crippen LogP contribution in [-0.4, -0.2) is 43.8 Å². The first kappa shape index (κ1) is 17.3. The Labute approximate surface area is 151 Å². The van der Waals surface area contributed by atoms with Gasteiger partial charge in [-0.1, -0.05) is 11.6 Å². The molecule has 2 aromatic heterocycles. The number of halogens is 1. The van der Waals surface area contributed by atoms with E-state index in [-0.39, 0.29) is 12.1 Å². The van der Waals surface area contributed by atoms with E-state index in [1.165, 1.54) is 0 Å². The molecule has 0 saturated heterocycles. The predicted molar refractivity (Wildman–Crippen MR) is 97.4 cm³/mol. The first-order valence-electron chi connectivity index (χ1n) is 8.14. The Morgan fingerprint density at radius 3 is 3.08 bits per heavy atom. The highest BCUT2D eigenvalue weighted by Crippen LogP contribution is 2.17. The Hall–Kier alpha value is -2.54. The van der Waals surface area contributed by atoms with E-state index in [0.717, 1.165) is 29.8 Å². The second-order valence-electron chi connectivity index (χ2n) is 6.11. The van der Waals surface area contributed by atoms with Crippen LogP contribution in [0.4, 0.5) is 4.79 Å². The van der Waals surface area contributed by atoms with Crippen molar-refractivity contribution in [3.8, 4) is 0 Å². The zero-order valence-electron chi connectivity index (χ0n) is 14.2. The molecule has 1 aromatic carbocycles. The molecule has 2 N–H and O–H groups in total. The minimum Gasteiger partial charge on any atom is -0.340 e. The molecule has 0 aliphatic carbocycles. The van der Waals surface area contributed by atoms with Crippen LogP contribution in [0.1, 0.15) is 19.2 Å². The van der Waals surface area contributed by atoms with Crippen LogP contribution in [0.3, 0.4) is 0 Å². The van der Waals surface area contributed by atoms with Gasteiger partial charge in [0.1, 0.15) is 5.82 Å². The van der Waals surface area contributed by atoms with Crippen molar-refractivity contribution in [1.29, 1.82) is 0 Å². The number of nitrogens with zero attached hydrogens (tertiary/aromatic N) is 4. The van der Waals surface area contributed by atoms with Gasteiger partial charge in [0.05, 0.1) is 17.6 Å². The number of nitrogens with one attached hydrogen (secondary N) is 2. The molecule has 7 nitrogen and oxygen atoms in total. The van der Waals surface area contributed by atoms with Crippen LogP contribution in [0.2, 0.25) is 5.02 Å². The maximum atomic E-state index is 12.3. The average Bonchev–Trinajstić information content (AvgIpc) is 3.21. The normalized spacial score (nSPS) is 12.3. The van der Waals surface area contributed by atoms with Gasteiger partial charge in [0.25, 0.3) is 0 Å². The molecular weight excluding hydrogens is 340 g/mol. The predicted octanol–water partition coefficient (Wildman–Crippen LogP) is 3.03. The van der Waals surface area contributed by atoms with E-state index in [4.69, 9.17) is 11.6 Å². The summed E-state index contributed by atoms with van der Waals surface area (Å²) in [4.78, 5) is 21.6. The lowest BCUT2D eigenvalue weighted by molar-refractivity contribution is 0.201. The van der Waals surface area contributed by atoms with Crippen molar-refractivity contribution in [3.05, 3.63) is 47.5 Å². The number of rotatable bonds is 6. The van der Waals surface area contributed by atoms with Gasteiger partial charge in [0.2, 0.25) is 0 Å². The fourth-order valence-corrected chi connectivity index (χ4v) is 2.73. The molecule has 1 unspecified atom stereocenters. The van der Waals surface area contributed by atoms with E-state index in [1.807, 2.05) is 36.0 Å². The van der Waals surface area contributed by atoms with E-state index in [9.17, 15) is 4.79 Å². The van der Waals surface area contributed by atoms with Crippen molar-refractivity contribution in [2.24, 2.45) is 0 Å². The molecule has 1 atom stereocenters. The van der Waals surface area contributed by atoms with Gasteiger partial charge in [0, 0.05) is 37.1 Å². The van der Waals surface area contributed by atoms with Crippen molar-refractivity contribution in [2.45, 2.75) is 32.5 Å². The summed E-state index contributed by atoms with van der Waals surface area (Å²) in [5.74, 6) is 0.721. The van der Waals surface area contributed by atoms with Crippen molar-refractivity contribution in [1.82, 2.24) is 30.0 Å². The van der Waals surface area contributed by atoms with Gasteiger partial charge in [0.15, 0.2) is 0 Å². The number of amides is 2. The lowest BCUT2D eigenvalue weighted by Crippen LogP contribution is -2.42. The summed E-state index contributed by atoms with van der Waals surface area (Å²) in [7, 11) is 1.75.